The van der Waals surface area contributed by atoms with E-state index in [1.165, 1.54) is 11.3 Å². The lowest BCUT2D eigenvalue weighted by molar-refractivity contribution is 0.544. The van der Waals surface area contributed by atoms with E-state index in [-0.39, 0.29) is 0 Å². The van der Waals surface area contributed by atoms with Gasteiger partial charge in [0.2, 0.25) is 0 Å². The van der Waals surface area contributed by atoms with Crippen LogP contribution >= 0.6 is 39.0 Å². The van der Waals surface area contributed by atoms with E-state index in [4.69, 9.17) is 10.2 Å². The molecule has 0 atom stereocenters. The molecule has 3 nitrogen and oxygen atoms in total. The van der Waals surface area contributed by atoms with Crippen molar-refractivity contribution in [2.24, 2.45) is 0 Å². The molecule has 0 aliphatic rings. The van der Waals surface area contributed by atoms with Crippen LogP contribution in [0, 0.1) is 6.92 Å². The van der Waals surface area contributed by atoms with E-state index >= 15 is 0 Å². The van der Waals surface area contributed by atoms with E-state index in [0.29, 0.717) is 5.13 Å². The third kappa shape index (κ3) is 3.51. The molecule has 2 N–H and O–H groups in total. The van der Waals surface area contributed by atoms with Crippen molar-refractivity contribution >= 4 is 44.2 Å². The van der Waals surface area contributed by atoms with Gasteiger partial charge in [-0.25, -0.2) is 4.98 Å². The van der Waals surface area contributed by atoms with Gasteiger partial charge in [-0.2, -0.15) is 0 Å². The number of aryl methyl sites for hydroxylation is 1. The summed E-state index contributed by atoms with van der Waals surface area (Å²) in [5.41, 5.74) is 7.77. The smallest absolute Gasteiger partial charge is 0.181 e. The number of anilines is 1. The van der Waals surface area contributed by atoms with Crippen LogP contribution < -0.4 is 5.73 Å². The number of furan rings is 1. The molecule has 21 heavy (non-hydrogen) atoms. The Kier molecular flexibility index (Phi) is 4.37. The van der Waals surface area contributed by atoms with Crippen molar-refractivity contribution in [3.63, 3.8) is 0 Å². The second-order valence-electron chi connectivity index (χ2n) is 4.49. The normalized spacial score (nSPS) is 11.0. The lowest BCUT2D eigenvalue weighted by atomic mass is 10.2. The number of benzene rings is 1. The van der Waals surface area contributed by atoms with Gasteiger partial charge in [-0.3, -0.25) is 0 Å². The highest BCUT2D eigenvalue weighted by atomic mass is 79.9. The highest BCUT2D eigenvalue weighted by molar-refractivity contribution is 9.10. The Hall–Kier alpha value is -1.24. The average molecular weight is 381 g/mol. The fourth-order valence-electron chi connectivity index (χ4n) is 1.90. The van der Waals surface area contributed by atoms with Gasteiger partial charge in [0.05, 0.1) is 15.7 Å². The molecule has 0 spiro atoms. The standard InChI is InChI=1S/C15H13BrN2OS2/c1-9-14(21-15(17)18-9)20-8-12-6-7-13(19-12)10-2-4-11(16)5-3-10/h2-7H,8H2,1H3,(H2,17,18). The first-order chi connectivity index (χ1) is 10.1. The van der Waals surface area contributed by atoms with Crippen LogP contribution in [0.1, 0.15) is 11.5 Å². The fraction of sp³-hybridized carbons (Fsp3) is 0.133. The second kappa shape index (κ2) is 6.25. The molecular formula is C15H13BrN2OS2. The molecular weight excluding hydrogens is 368 g/mol. The Morgan fingerprint density at radius 3 is 2.67 bits per heavy atom. The van der Waals surface area contributed by atoms with E-state index in [9.17, 15) is 0 Å². The largest absolute Gasteiger partial charge is 0.460 e. The van der Waals surface area contributed by atoms with Gasteiger partial charge in [-0.1, -0.05) is 39.4 Å². The van der Waals surface area contributed by atoms with Crippen LogP contribution in [-0.4, -0.2) is 4.98 Å². The first-order valence-electron chi connectivity index (χ1n) is 6.32. The van der Waals surface area contributed by atoms with E-state index in [0.717, 1.165) is 37.2 Å². The van der Waals surface area contributed by atoms with Gasteiger partial charge < -0.3 is 10.2 Å². The topological polar surface area (TPSA) is 52.0 Å². The van der Waals surface area contributed by atoms with E-state index in [2.05, 4.69) is 20.9 Å². The zero-order valence-corrected chi connectivity index (χ0v) is 14.5. The third-order valence-corrected chi connectivity index (χ3v) is 5.81. The molecule has 2 aromatic heterocycles. The number of hydrogen-bond acceptors (Lipinski definition) is 5. The quantitative estimate of drug-likeness (QED) is 0.619. The van der Waals surface area contributed by atoms with Gasteiger partial charge in [0, 0.05) is 10.0 Å². The number of nitrogen functional groups attached to an aromatic ring is 1. The summed E-state index contributed by atoms with van der Waals surface area (Å²) in [7, 11) is 0. The number of hydrogen-bond donors (Lipinski definition) is 1. The second-order valence-corrected chi connectivity index (χ2v) is 7.68. The molecule has 1 aromatic carbocycles. The van der Waals surface area contributed by atoms with Crippen molar-refractivity contribution in [2.75, 3.05) is 5.73 Å². The lowest BCUT2D eigenvalue weighted by Crippen LogP contribution is -1.80. The Morgan fingerprint density at radius 2 is 2.00 bits per heavy atom. The molecule has 3 aromatic rings. The highest BCUT2D eigenvalue weighted by Gasteiger charge is 2.09. The zero-order valence-electron chi connectivity index (χ0n) is 11.3. The predicted molar refractivity (Wildman–Crippen MR) is 92.7 cm³/mol. The summed E-state index contributed by atoms with van der Waals surface area (Å²) in [4.78, 5) is 4.22. The highest BCUT2D eigenvalue weighted by Crippen LogP contribution is 2.34. The third-order valence-electron chi connectivity index (χ3n) is 2.91. The van der Waals surface area contributed by atoms with Gasteiger partial charge in [0.25, 0.3) is 0 Å². The van der Waals surface area contributed by atoms with E-state index in [1.54, 1.807) is 11.8 Å². The molecule has 0 aliphatic heterocycles. The summed E-state index contributed by atoms with van der Waals surface area (Å²) in [5.74, 6) is 2.61. The summed E-state index contributed by atoms with van der Waals surface area (Å²) in [5, 5.41) is 0.616. The number of thioether (sulfide) groups is 1. The number of halogens is 1. The van der Waals surface area contributed by atoms with Gasteiger partial charge in [-0.15, -0.1) is 11.8 Å². The van der Waals surface area contributed by atoms with Crippen LogP contribution in [-0.2, 0) is 5.75 Å². The Morgan fingerprint density at radius 1 is 1.24 bits per heavy atom. The molecule has 0 fully saturated rings. The van der Waals surface area contributed by atoms with Gasteiger partial charge >= 0.3 is 0 Å². The van der Waals surface area contributed by atoms with Crippen molar-refractivity contribution in [1.82, 2.24) is 4.98 Å². The molecule has 0 amide bonds. The number of nitrogens with zero attached hydrogens (tertiary/aromatic N) is 1. The number of nitrogens with two attached hydrogens (primary N) is 1. The van der Waals surface area contributed by atoms with Crippen LogP contribution in [0.2, 0.25) is 0 Å². The number of thiazole rings is 1. The number of aromatic nitrogens is 1. The Labute approximate surface area is 139 Å². The minimum atomic E-state index is 0.616. The maximum Gasteiger partial charge on any atom is 0.181 e. The van der Waals surface area contributed by atoms with Crippen LogP contribution in [0.15, 0.2) is 49.5 Å². The molecule has 2 heterocycles. The summed E-state index contributed by atoms with van der Waals surface area (Å²) in [6.07, 6.45) is 0. The summed E-state index contributed by atoms with van der Waals surface area (Å²) in [6.45, 7) is 1.98. The maximum absolute atomic E-state index is 5.89. The van der Waals surface area contributed by atoms with Crippen LogP contribution in [0.3, 0.4) is 0 Å². The number of rotatable bonds is 4. The van der Waals surface area contributed by atoms with Crippen molar-refractivity contribution in [1.29, 1.82) is 0 Å². The van der Waals surface area contributed by atoms with Crippen LogP contribution in [0.4, 0.5) is 5.13 Å². The minimum absolute atomic E-state index is 0.616. The molecule has 3 rings (SSSR count). The van der Waals surface area contributed by atoms with Crippen molar-refractivity contribution in [3.05, 3.63) is 52.3 Å². The van der Waals surface area contributed by atoms with E-state index < -0.39 is 0 Å². The molecule has 108 valence electrons. The zero-order chi connectivity index (χ0) is 14.8. The van der Waals surface area contributed by atoms with Crippen molar-refractivity contribution in [3.8, 4) is 11.3 Å². The Balaban J connectivity index is 1.70. The van der Waals surface area contributed by atoms with E-state index in [1.807, 2.05) is 43.3 Å². The minimum Gasteiger partial charge on any atom is -0.460 e. The molecule has 0 bridgehead atoms. The molecule has 0 unspecified atom stereocenters. The van der Waals surface area contributed by atoms with Crippen molar-refractivity contribution in [2.45, 2.75) is 16.9 Å². The molecule has 0 radical (unpaired) electrons. The van der Waals surface area contributed by atoms with Crippen LogP contribution in [0.5, 0.6) is 0 Å². The fourth-order valence-corrected chi connectivity index (χ4v) is 4.08. The van der Waals surface area contributed by atoms with Gasteiger partial charge in [-0.05, 0) is 31.2 Å². The first-order valence-corrected chi connectivity index (χ1v) is 8.91. The van der Waals surface area contributed by atoms with Gasteiger partial charge in [0.1, 0.15) is 11.5 Å². The summed E-state index contributed by atoms with van der Waals surface area (Å²) < 4.78 is 8.10. The summed E-state index contributed by atoms with van der Waals surface area (Å²) in [6, 6.07) is 12.1. The summed E-state index contributed by atoms with van der Waals surface area (Å²) >= 11 is 6.66. The molecule has 0 saturated heterocycles. The molecule has 0 saturated carbocycles. The Bertz CT molecular complexity index is 749. The predicted octanol–water partition coefficient (Wildman–Crippen LogP) is 5.35. The maximum atomic E-state index is 5.89. The first kappa shape index (κ1) is 14.7. The van der Waals surface area contributed by atoms with Crippen molar-refractivity contribution < 1.29 is 4.42 Å². The SMILES string of the molecule is Cc1nc(N)sc1SCc1ccc(-c2ccc(Br)cc2)o1. The van der Waals surface area contributed by atoms with Crippen LogP contribution in [0.25, 0.3) is 11.3 Å². The molecule has 6 heteroatoms. The lowest BCUT2D eigenvalue weighted by Gasteiger charge is -1.98. The van der Waals surface area contributed by atoms with Gasteiger partial charge in [0.15, 0.2) is 5.13 Å². The monoisotopic (exact) mass is 380 g/mol. The average Bonchev–Trinajstić information content (AvgIpc) is 3.04. The molecule has 0 aliphatic carbocycles.